The van der Waals surface area contributed by atoms with Crippen molar-refractivity contribution in [2.24, 2.45) is 0 Å². The van der Waals surface area contributed by atoms with Crippen molar-refractivity contribution in [1.29, 1.82) is 0 Å². The van der Waals surface area contributed by atoms with Gasteiger partial charge >= 0.3 is 0 Å². The van der Waals surface area contributed by atoms with Gasteiger partial charge < -0.3 is 13.9 Å². The predicted molar refractivity (Wildman–Crippen MR) is 89.5 cm³/mol. The van der Waals surface area contributed by atoms with Gasteiger partial charge in [0.15, 0.2) is 0 Å². The molecule has 4 heterocycles. The maximum atomic E-state index is 6.11. The van der Waals surface area contributed by atoms with Crippen LogP contribution in [0.25, 0.3) is 0 Å². The Kier molecular flexibility index (Phi) is 4.39. The normalized spacial score (nSPS) is 23.3. The lowest BCUT2D eigenvalue weighted by molar-refractivity contribution is -0.201. The Balaban J connectivity index is 1.26. The molecule has 5 nitrogen and oxygen atoms in total. The van der Waals surface area contributed by atoms with Gasteiger partial charge in [0, 0.05) is 38.5 Å². The van der Waals surface area contributed by atoms with Gasteiger partial charge in [-0.1, -0.05) is 0 Å². The van der Waals surface area contributed by atoms with Gasteiger partial charge in [0.05, 0.1) is 24.9 Å². The number of aromatic nitrogens is 1. The summed E-state index contributed by atoms with van der Waals surface area (Å²) < 4.78 is 17.9. The minimum absolute atomic E-state index is 0.0250. The molecule has 2 saturated heterocycles. The number of furan rings is 1. The third-order valence-electron chi connectivity index (χ3n) is 4.88. The topological polar surface area (TPSA) is 47.7 Å². The molecule has 1 spiro atoms. The molecular weight excluding hydrogens is 304 g/mol. The molecule has 0 bridgehead atoms. The highest BCUT2D eigenvalue weighted by Crippen LogP contribution is 2.36. The van der Waals surface area contributed by atoms with Crippen LogP contribution in [0.15, 0.2) is 41.1 Å². The first-order chi connectivity index (χ1) is 11.7. The molecule has 4 rings (SSSR count). The Labute approximate surface area is 142 Å². The van der Waals surface area contributed by atoms with E-state index in [0.717, 1.165) is 50.6 Å². The Hall–Kier alpha value is -1.69. The second-order valence-electron chi connectivity index (χ2n) is 6.97. The smallest absolute Gasteiger partial charge is 0.118 e. The van der Waals surface area contributed by atoms with E-state index in [-0.39, 0.29) is 11.7 Å². The highest BCUT2D eigenvalue weighted by atomic mass is 16.5. The number of rotatable bonds is 5. The van der Waals surface area contributed by atoms with Crippen LogP contribution in [0, 0.1) is 6.92 Å². The summed E-state index contributed by atoms with van der Waals surface area (Å²) in [6.07, 6.45) is 5.85. The molecule has 0 saturated carbocycles. The molecule has 0 aliphatic carbocycles. The monoisotopic (exact) mass is 328 g/mol. The fourth-order valence-electron chi connectivity index (χ4n) is 3.71. The summed E-state index contributed by atoms with van der Waals surface area (Å²) in [6, 6.07) is 8.09. The van der Waals surface area contributed by atoms with Gasteiger partial charge in [0.1, 0.15) is 11.5 Å². The number of pyridine rings is 1. The summed E-state index contributed by atoms with van der Waals surface area (Å²) in [6.45, 7) is 6.20. The molecule has 1 atom stereocenters. The van der Waals surface area contributed by atoms with Crippen molar-refractivity contribution in [3.05, 3.63) is 53.7 Å². The Morgan fingerprint density at radius 3 is 2.83 bits per heavy atom. The highest BCUT2D eigenvalue weighted by Gasteiger charge is 2.47. The molecule has 2 fully saturated rings. The first kappa shape index (κ1) is 15.8. The maximum Gasteiger partial charge on any atom is 0.118 e. The number of aryl methyl sites for hydroxylation is 1. The van der Waals surface area contributed by atoms with Crippen LogP contribution in [0.3, 0.4) is 0 Å². The van der Waals surface area contributed by atoms with Crippen molar-refractivity contribution in [2.45, 2.75) is 44.6 Å². The molecule has 2 aromatic rings. The highest BCUT2D eigenvalue weighted by molar-refractivity contribution is 5.09. The zero-order valence-electron chi connectivity index (χ0n) is 14.1. The van der Waals surface area contributed by atoms with E-state index < -0.39 is 0 Å². The van der Waals surface area contributed by atoms with Crippen LogP contribution in [0.5, 0.6) is 0 Å². The van der Waals surface area contributed by atoms with Gasteiger partial charge in [0.25, 0.3) is 0 Å². The minimum atomic E-state index is -0.0250. The standard InChI is InChI=1S/C19H24N2O3/c1-15-2-3-18(24-15)11-21-13-19(14-21)10-17(6-9-23-19)22-12-16-4-7-20-8-5-16/h2-5,7-8,17H,6,9-14H2,1H3/t17-/m0/s1. The van der Waals surface area contributed by atoms with E-state index in [2.05, 4.69) is 16.0 Å². The van der Waals surface area contributed by atoms with Gasteiger partial charge in [-0.25, -0.2) is 0 Å². The molecule has 0 amide bonds. The van der Waals surface area contributed by atoms with Crippen LogP contribution >= 0.6 is 0 Å². The molecular formula is C19H24N2O3. The molecule has 2 aliphatic heterocycles. The third kappa shape index (κ3) is 3.53. The molecule has 0 aromatic carbocycles. The number of nitrogens with zero attached hydrogens (tertiary/aromatic N) is 2. The third-order valence-corrected chi connectivity index (χ3v) is 4.88. The second-order valence-corrected chi connectivity index (χ2v) is 6.97. The van der Waals surface area contributed by atoms with Crippen molar-refractivity contribution in [3.8, 4) is 0 Å². The van der Waals surface area contributed by atoms with Gasteiger partial charge in [0.2, 0.25) is 0 Å². The molecule has 0 N–H and O–H groups in total. The average Bonchev–Trinajstić information content (AvgIpc) is 2.98. The quantitative estimate of drug-likeness (QED) is 0.844. The van der Waals surface area contributed by atoms with Crippen LogP contribution in [0.4, 0.5) is 0 Å². The van der Waals surface area contributed by atoms with E-state index in [9.17, 15) is 0 Å². The minimum Gasteiger partial charge on any atom is -0.465 e. The van der Waals surface area contributed by atoms with Crippen LogP contribution in [0.1, 0.15) is 29.9 Å². The lowest BCUT2D eigenvalue weighted by Gasteiger charge is -2.53. The average molecular weight is 328 g/mol. The number of hydrogen-bond donors (Lipinski definition) is 0. The summed E-state index contributed by atoms with van der Waals surface area (Å²) in [5.41, 5.74) is 1.15. The summed E-state index contributed by atoms with van der Waals surface area (Å²) >= 11 is 0. The zero-order valence-corrected chi connectivity index (χ0v) is 14.1. The summed E-state index contributed by atoms with van der Waals surface area (Å²) in [4.78, 5) is 6.42. The van der Waals surface area contributed by atoms with E-state index in [1.54, 1.807) is 0 Å². The van der Waals surface area contributed by atoms with Crippen molar-refractivity contribution in [1.82, 2.24) is 9.88 Å². The number of ether oxygens (including phenoxy) is 2. The summed E-state index contributed by atoms with van der Waals surface area (Å²) in [7, 11) is 0. The molecule has 2 aliphatic rings. The van der Waals surface area contributed by atoms with Gasteiger partial charge in [-0.15, -0.1) is 0 Å². The molecule has 0 radical (unpaired) electrons. The van der Waals surface area contributed by atoms with E-state index in [4.69, 9.17) is 13.9 Å². The largest absolute Gasteiger partial charge is 0.465 e. The van der Waals surface area contributed by atoms with Crippen LogP contribution in [-0.4, -0.2) is 41.3 Å². The summed E-state index contributed by atoms with van der Waals surface area (Å²) in [5.74, 6) is 2.00. The van der Waals surface area contributed by atoms with Crippen LogP contribution < -0.4 is 0 Å². The second kappa shape index (κ2) is 6.67. The van der Waals surface area contributed by atoms with E-state index in [1.807, 2.05) is 37.5 Å². The lowest BCUT2D eigenvalue weighted by atomic mass is 9.84. The van der Waals surface area contributed by atoms with E-state index in [1.165, 1.54) is 5.56 Å². The molecule has 5 heteroatoms. The van der Waals surface area contributed by atoms with Crippen molar-refractivity contribution in [2.75, 3.05) is 19.7 Å². The fraction of sp³-hybridized carbons (Fsp3) is 0.526. The molecule has 128 valence electrons. The van der Waals surface area contributed by atoms with Crippen molar-refractivity contribution < 1.29 is 13.9 Å². The lowest BCUT2D eigenvalue weighted by Crippen LogP contribution is -2.65. The van der Waals surface area contributed by atoms with Crippen LogP contribution in [0.2, 0.25) is 0 Å². The Bertz CT molecular complexity index is 664. The van der Waals surface area contributed by atoms with E-state index in [0.29, 0.717) is 6.61 Å². The number of hydrogen-bond acceptors (Lipinski definition) is 5. The summed E-state index contributed by atoms with van der Waals surface area (Å²) in [5, 5.41) is 0. The molecule has 0 unspecified atom stereocenters. The van der Waals surface area contributed by atoms with Gasteiger partial charge in [-0.3, -0.25) is 9.88 Å². The first-order valence-electron chi connectivity index (χ1n) is 8.63. The molecule has 2 aromatic heterocycles. The van der Waals surface area contributed by atoms with E-state index >= 15 is 0 Å². The Morgan fingerprint density at radius 2 is 2.08 bits per heavy atom. The van der Waals surface area contributed by atoms with Gasteiger partial charge in [-0.05, 0) is 43.2 Å². The Morgan fingerprint density at radius 1 is 1.25 bits per heavy atom. The van der Waals surface area contributed by atoms with Crippen molar-refractivity contribution in [3.63, 3.8) is 0 Å². The fourth-order valence-corrected chi connectivity index (χ4v) is 3.71. The zero-order chi connectivity index (χ0) is 16.4. The predicted octanol–water partition coefficient (Wildman–Crippen LogP) is 2.93. The maximum absolute atomic E-state index is 6.11. The van der Waals surface area contributed by atoms with Crippen LogP contribution in [-0.2, 0) is 22.6 Å². The first-order valence-corrected chi connectivity index (χ1v) is 8.63. The molecule has 24 heavy (non-hydrogen) atoms. The number of likely N-dealkylation sites (tertiary alicyclic amines) is 1. The SMILES string of the molecule is Cc1ccc(CN2CC3(C[C@@H](OCc4ccncc4)CCO3)C2)o1. The van der Waals surface area contributed by atoms with Crippen molar-refractivity contribution >= 4 is 0 Å². The van der Waals surface area contributed by atoms with Gasteiger partial charge in [-0.2, -0.15) is 0 Å².